The van der Waals surface area contributed by atoms with Crippen LogP contribution < -0.4 is 4.74 Å². The number of fused-ring (bicyclic) bond motifs is 3. The molecule has 0 radical (unpaired) electrons. The summed E-state index contributed by atoms with van der Waals surface area (Å²) in [5, 5.41) is 8.84. The maximum absolute atomic E-state index is 13.0. The molecule has 0 spiro atoms. The zero-order valence-electron chi connectivity index (χ0n) is 15.9. The molecule has 6 heteroatoms. The van der Waals surface area contributed by atoms with Crippen LogP contribution in [-0.2, 0) is 16.1 Å². The molecule has 0 saturated carbocycles. The van der Waals surface area contributed by atoms with E-state index < -0.39 is 12.1 Å². The SMILES string of the molecule is CCN1Cc2ccccc2[C@@H]2OC(c3ccc(OCCCO)cc3)=N[C@H]2C1=O. The fourth-order valence-corrected chi connectivity index (χ4v) is 3.61. The number of amides is 1. The Bertz CT molecular complexity index is 878. The minimum atomic E-state index is -0.556. The number of hydrogen-bond acceptors (Lipinski definition) is 5. The van der Waals surface area contributed by atoms with Crippen molar-refractivity contribution in [2.24, 2.45) is 4.99 Å². The summed E-state index contributed by atoms with van der Waals surface area (Å²) in [4.78, 5) is 19.5. The summed E-state index contributed by atoms with van der Waals surface area (Å²) in [6, 6.07) is 14.9. The van der Waals surface area contributed by atoms with Crippen molar-refractivity contribution in [1.82, 2.24) is 4.90 Å². The Morgan fingerprint density at radius 1 is 1.21 bits per heavy atom. The lowest BCUT2D eigenvalue weighted by atomic mass is 9.99. The lowest BCUT2D eigenvalue weighted by molar-refractivity contribution is -0.133. The van der Waals surface area contributed by atoms with Gasteiger partial charge in [0.05, 0.1) is 6.61 Å². The first-order valence-electron chi connectivity index (χ1n) is 9.66. The quantitative estimate of drug-likeness (QED) is 0.782. The molecule has 4 rings (SSSR count). The van der Waals surface area contributed by atoms with Gasteiger partial charge in [0.2, 0.25) is 5.90 Å². The molecule has 2 atom stereocenters. The third-order valence-corrected chi connectivity index (χ3v) is 5.12. The summed E-state index contributed by atoms with van der Waals surface area (Å²) >= 11 is 0. The Labute approximate surface area is 164 Å². The van der Waals surface area contributed by atoms with Gasteiger partial charge in [0, 0.05) is 37.2 Å². The molecule has 0 fully saturated rings. The van der Waals surface area contributed by atoms with E-state index in [-0.39, 0.29) is 12.5 Å². The van der Waals surface area contributed by atoms with Crippen molar-refractivity contribution in [1.29, 1.82) is 0 Å². The highest BCUT2D eigenvalue weighted by Crippen LogP contribution is 2.37. The number of likely N-dealkylation sites (N-methyl/N-ethyl adjacent to an activating group) is 1. The summed E-state index contributed by atoms with van der Waals surface area (Å²) in [7, 11) is 0. The van der Waals surface area contributed by atoms with E-state index in [0.29, 0.717) is 32.0 Å². The van der Waals surface area contributed by atoms with Crippen molar-refractivity contribution in [2.45, 2.75) is 32.0 Å². The second kappa shape index (κ2) is 8.02. The van der Waals surface area contributed by atoms with E-state index in [1.807, 2.05) is 60.4 Å². The molecule has 6 nitrogen and oxygen atoms in total. The van der Waals surface area contributed by atoms with Gasteiger partial charge in [-0.15, -0.1) is 0 Å². The van der Waals surface area contributed by atoms with Crippen LogP contribution in [0.3, 0.4) is 0 Å². The summed E-state index contributed by atoms with van der Waals surface area (Å²) < 4.78 is 11.8. The number of carbonyl (C=O) groups is 1. The van der Waals surface area contributed by atoms with E-state index in [0.717, 1.165) is 22.4 Å². The largest absolute Gasteiger partial charge is 0.494 e. The van der Waals surface area contributed by atoms with Crippen molar-refractivity contribution in [3.05, 3.63) is 65.2 Å². The summed E-state index contributed by atoms with van der Waals surface area (Å²) in [6.45, 7) is 3.79. The van der Waals surface area contributed by atoms with Crippen molar-refractivity contribution in [2.75, 3.05) is 19.8 Å². The summed E-state index contributed by atoms with van der Waals surface area (Å²) in [5.74, 6) is 1.21. The third kappa shape index (κ3) is 3.47. The van der Waals surface area contributed by atoms with Crippen molar-refractivity contribution in [3.8, 4) is 5.75 Å². The van der Waals surface area contributed by atoms with Crippen LogP contribution in [0, 0.1) is 0 Å². The lowest BCUT2D eigenvalue weighted by Gasteiger charge is -2.20. The molecule has 1 N–H and O–H groups in total. The van der Waals surface area contributed by atoms with Gasteiger partial charge < -0.3 is 19.5 Å². The molecule has 0 saturated heterocycles. The molecule has 0 bridgehead atoms. The zero-order valence-corrected chi connectivity index (χ0v) is 15.9. The van der Waals surface area contributed by atoms with Crippen LogP contribution in [0.1, 0.15) is 36.1 Å². The lowest BCUT2D eigenvalue weighted by Crippen LogP contribution is -2.37. The van der Waals surface area contributed by atoms with E-state index >= 15 is 0 Å². The van der Waals surface area contributed by atoms with Crippen LogP contribution in [0.25, 0.3) is 0 Å². The first kappa shape index (κ1) is 18.5. The number of rotatable bonds is 6. The molecule has 2 aromatic carbocycles. The van der Waals surface area contributed by atoms with E-state index in [1.165, 1.54) is 0 Å². The van der Waals surface area contributed by atoms with Crippen molar-refractivity contribution < 1.29 is 19.4 Å². The third-order valence-electron chi connectivity index (χ3n) is 5.12. The molecule has 28 heavy (non-hydrogen) atoms. The van der Waals surface area contributed by atoms with Crippen LogP contribution in [-0.4, -0.2) is 47.6 Å². The smallest absolute Gasteiger partial charge is 0.252 e. The summed E-state index contributed by atoms with van der Waals surface area (Å²) in [6.07, 6.45) is 0.201. The van der Waals surface area contributed by atoms with E-state index in [4.69, 9.17) is 14.6 Å². The number of aliphatic hydroxyl groups excluding tert-OH is 1. The number of nitrogens with zero attached hydrogens (tertiary/aromatic N) is 2. The Balaban J connectivity index is 1.59. The van der Waals surface area contributed by atoms with Gasteiger partial charge in [-0.05, 0) is 36.8 Å². The Hall–Kier alpha value is -2.86. The zero-order chi connectivity index (χ0) is 19.5. The standard InChI is InChI=1S/C22H24N2O4/c1-2-24-14-16-6-3-4-7-18(16)20-19(22(24)26)23-21(28-20)15-8-10-17(11-9-15)27-13-5-12-25/h3-4,6-11,19-20,25H,2,5,12-14H2,1H3/t19-,20+/m1/s1. The molecule has 0 aliphatic carbocycles. The van der Waals surface area contributed by atoms with Crippen molar-refractivity contribution in [3.63, 3.8) is 0 Å². The van der Waals surface area contributed by atoms with Crippen molar-refractivity contribution >= 4 is 11.8 Å². The van der Waals surface area contributed by atoms with Crippen LogP contribution in [0.15, 0.2) is 53.5 Å². The van der Waals surface area contributed by atoms with E-state index in [2.05, 4.69) is 4.99 Å². The fourth-order valence-electron chi connectivity index (χ4n) is 3.61. The van der Waals surface area contributed by atoms with Gasteiger partial charge in [-0.25, -0.2) is 4.99 Å². The number of hydrogen-bond donors (Lipinski definition) is 1. The van der Waals surface area contributed by atoms with Gasteiger partial charge in [-0.2, -0.15) is 0 Å². The van der Waals surface area contributed by atoms with Gasteiger partial charge >= 0.3 is 0 Å². The highest BCUT2D eigenvalue weighted by molar-refractivity contribution is 5.99. The average molecular weight is 380 g/mol. The van der Waals surface area contributed by atoms with E-state index in [1.54, 1.807) is 0 Å². The molecule has 146 valence electrons. The molecular weight excluding hydrogens is 356 g/mol. The fraction of sp³-hybridized carbons (Fsp3) is 0.364. The van der Waals surface area contributed by atoms with Gasteiger partial charge in [-0.1, -0.05) is 24.3 Å². The Morgan fingerprint density at radius 2 is 2.00 bits per heavy atom. The van der Waals surface area contributed by atoms with Gasteiger partial charge in [0.1, 0.15) is 5.75 Å². The molecule has 0 unspecified atom stereocenters. The van der Waals surface area contributed by atoms with Crippen LogP contribution in [0.4, 0.5) is 0 Å². The molecule has 2 aromatic rings. The van der Waals surface area contributed by atoms with Gasteiger partial charge in [0.25, 0.3) is 5.91 Å². The molecule has 0 aromatic heterocycles. The van der Waals surface area contributed by atoms with Crippen LogP contribution in [0.2, 0.25) is 0 Å². The minimum Gasteiger partial charge on any atom is -0.494 e. The highest BCUT2D eigenvalue weighted by atomic mass is 16.5. The molecule has 2 heterocycles. The number of ether oxygens (including phenoxy) is 2. The Morgan fingerprint density at radius 3 is 2.75 bits per heavy atom. The monoisotopic (exact) mass is 380 g/mol. The average Bonchev–Trinajstić information content (AvgIpc) is 3.13. The predicted molar refractivity (Wildman–Crippen MR) is 105 cm³/mol. The first-order valence-corrected chi connectivity index (χ1v) is 9.66. The first-order chi connectivity index (χ1) is 13.7. The maximum atomic E-state index is 13.0. The highest BCUT2D eigenvalue weighted by Gasteiger charge is 2.43. The molecular formula is C22H24N2O4. The topological polar surface area (TPSA) is 71.4 Å². The van der Waals surface area contributed by atoms with Crippen LogP contribution in [0.5, 0.6) is 5.75 Å². The van der Waals surface area contributed by atoms with E-state index in [9.17, 15) is 4.79 Å². The second-order valence-corrected chi connectivity index (χ2v) is 6.92. The number of benzene rings is 2. The Kier molecular flexibility index (Phi) is 5.30. The maximum Gasteiger partial charge on any atom is 0.252 e. The van der Waals surface area contributed by atoms with Gasteiger partial charge in [-0.3, -0.25) is 4.79 Å². The minimum absolute atomic E-state index is 0.00246. The van der Waals surface area contributed by atoms with Crippen LogP contribution >= 0.6 is 0 Å². The molecule has 2 aliphatic heterocycles. The number of carbonyl (C=O) groups excluding carboxylic acids is 1. The second-order valence-electron chi connectivity index (χ2n) is 6.92. The number of aliphatic hydroxyl groups is 1. The number of aliphatic imine (C=N–C) groups is 1. The molecule has 2 aliphatic rings. The van der Waals surface area contributed by atoms with Gasteiger partial charge in [0.15, 0.2) is 12.1 Å². The molecule has 1 amide bonds. The predicted octanol–water partition coefficient (Wildman–Crippen LogP) is 2.70. The normalized spacial score (nSPS) is 20.7. The summed E-state index contributed by atoms with van der Waals surface area (Å²) in [5.41, 5.74) is 2.95.